The van der Waals surface area contributed by atoms with Gasteiger partial charge in [0.1, 0.15) is 5.75 Å². The Balaban J connectivity index is 1.71. The van der Waals surface area contributed by atoms with Crippen LogP contribution in [0.3, 0.4) is 0 Å². The molecule has 2 fully saturated rings. The molecule has 2 atom stereocenters. The number of carbonyl (C=O) groups is 3. The topological polar surface area (TPSA) is 66.9 Å². The van der Waals surface area contributed by atoms with E-state index < -0.39 is 5.41 Å². The number of rotatable bonds is 7. The van der Waals surface area contributed by atoms with Crippen molar-refractivity contribution in [2.75, 3.05) is 14.2 Å². The van der Waals surface area contributed by atoms with Crippen LogP contribution in [0.2, 0.25) is 0 Å². The number of carbonyl (C=O) groups excluding carboxylic acids is 3. The van der Waals surface area contributed by atoms with Crippen molar-refractivity contribution in [3.05, 3.63) is 52.2 Å². The summed E-state index contributed by atoms with van der Waals surface area (Å²) in [5.74, 6) is -0.0751. The molecule has 1 aromatic heterocycles. The van der Waals surface area contributed by atoms with E-state index in [1.54, 1.807) is 36.5 Å². The number of methoxy groups -OCH3 is 1. The normalized spacial score (nSPS) is 22.4. The average molecular weight is 455 g/mol. The molecule has 1 saturated heterocycles. The number of benzene rings is 1. The lowest BCUT2D eigenvalue weighted by atomic mass is 9.75. The summed E-state index contributed by atoms with van der Waals surface area (Å²) in [4.78, 5) is 44.8. The fraction of sp³-hybridized carbons (Fsp3) is 0.480. The Kier molecular flexibility index (Phi) is 6.38. The average Bonchev–Trinajstić information content (AvgIpc) is 3.55. The maximum Gasteiger partial charge on any atom is 0.241 e. The second-order valence-corrected chi connectivity index (χ2v) is 9.82. The number of hydrogen-bond donors (Lipinski definition) is 0. The molecular formula is C25H30N2O4S. The Hall–Kier alpha value is -2.67. The summed E-state index contributed by atoms with van der Waals surface area (Å²) in [7, 11) is 3.31. The molecule has 2 aromatic rings. The molecule has 0 unspecified atom stereocenters. The third-order valence-corrected chi connectivity index (χ3v) is 8.09. The Labute approximate surface area is 193 Å². The van der Waals surface area contributed by atoms with Crippen molar-refractivity contribution in [3.8, 4) is 5.75 Å². The van der Waals surface area contributed by atoms with Gasteiger partial charge in [0.25, 0.3) is 0 Å². The Morgan fingerprint density at radius 1 is 1.22 bits per heavy atom. The van der Waals surface area contributed by atoms with Crippen LogP contribution in [0.25, 0.3) is 0 Å². The fourth-order valence-electron chi connectivity index (χ4n) is 5.10. The standard InChI is InChI=1S/C25H30N2O4S/c1-17(21-13-8-14-32-21)26(2)22(28)15-25(19-11-6-7-12-20(19)31-3)16-23(29)27(24(25)30)18-9-4-5-10-18/h6-8,11-14,17-18H,4-5,9-10,15-16H2,1-3H3/t17-,25+/m0/s1. The van der Waals surface area contributed by atoms with E-state index in [-0.39, 0.29) is 42.6 Å². The minimum absolute atomic E-state index is 0.00430. The van der Waals surface area contributed by atoms with Gasteiger partial charge in [0.05, 0.1) is 18.6 Å². The monoisotopic (exact) mass is 454 g/mol. The molecule has 0 N–H and O–H groups in total. The van der Waals surface area contributed by atoms with E-state index in [2.05, 4.69) is 0 Å². The number of thiophene rings is 1. The first-order valence-corrected chi connectivity index (χ1v) is 12.1. The first-order chi connectivity index (χ1) is 15.4. The minimum atomic E-state index is -1.24. The zero-order chi connectivity index (χ0) is 22.9. The van der Waals surface area contributed by atoms with Crippen molar-refractivity contribution in [1.82, 2.24) is 9.80 Å². The highest BCUT2D eigenvalue weighted by molar-refractivity contribution is 7.10. The highest BCUT2D eigenvalue weighted by atomic mass is 32.1. The van der Waals surface area contributed by atoms with Crippen molar-refractivity contribution < 1.29 is 19.1 Å². The summed E-state index contributed by atoms with van der Waals surface area (Å²) in [6.07, 6.45) is 3.64. The fourth-order valence-corrected chi connectivity index (χ4v) is 5.92. The minimum Gasteiger partial charge on any atom is -0.496 e. The molecule has 1 aliphatic carbocycles. The number of hydrogen-bond acceptors (Lipinski definition) is 5. The largest absolute Gasteiger partial charge is 0.496 e. The summed E-state index contributed by atoms with van der Waals surface area (Å²) in [5, 5.41) is 1.99. The second-order valence-electron chi connectivity index (χ2n) is 8.84. The van der Waals surface area contributed by atoms with Gasteiger partial charge in [0, 0.05) is 36.4 Å². The second kappa shape index (κ2) is 9.06. The van der Waals surface area contributed by atoms with Gasteiger partial charge in [-0.05, 0) is 37.3 Å². The van der Waals surface area contributed by atoms with Crippen molar-refractivity contribution in [2.24, 2.45) is 0 Å². The molecule has 6 nitrogen and oxygen atoms in total. The van der Waals surface area contributed by atoms with Gasteiger partial charge in [-0.2, -0.15) is 0 Å². The third kappa shape index (κ3) is 3.83. The van der Waals surface area contributed by atoms with Crippen molar-refractivity contribution in [1.29, 1.82) is 0 Å². The van der Waals surface area contributed by atoms with Crippen LogP contribution in [-0.4, -0.2) is 47.7 Å². The van der Waals surface area contributed by atoms with E-state index >= 15 is 0 Å². The summed E-state index contributed by atoms with van der Waals surface area (Å²) >= 11 is 1.60. The summed E-state index contributed by atoms with van der Waals surface area (Å²) in [6.45, 7) is 1.98. The molecular weight excluding hydrogens is 424 g/mol. The molecule has 32 heavy (non-hydrogen) atoms. The van der Waals surface area contributed by atoms with E-state index in [1.807, 2.05) is 42.6 Å². The summed E-state index contributed by atoms with van der Waals surface area (Å²) in [6, 6.07) is 11.1. The van der Waals surface area contributed by atoms with Gasteiger partial charge in [-0.1, -0.05) is 37.1 Å². The van der Waals surface area contributed by atoms with Crippen molar-refractivity contribution >= 4 is 29.1 Å². The van der Waals surface area contributed by atoms with Crippen molar-refractivity contribution in [3.63, 3.8) is 0 Å². The van der Waals surface area contributed by atoms with E-state index in [4.69, 9.17) is 4.74 Å². The maximum absolute atomic E-state index is 13.9. The van der Waals surface area contributed by atoms with E-state index in [0.29, 0.717) is 11.3 Å². The van der Waals surface area contributed by atoms with Crippen LogP contribution in [0.5, 0.6) is 5.75 Å². The molecule has 170 valence electrons. The van der Waals surface area contributed by atoms with E-state index in [9.17, 15) is 14.4 Å². The predicted octanol–water partition coefficient (Wildman–Crippen LogP) is 4.31. The first-order valence-electron chi connectivity index (χ1n) is 11.2. The smallest absolute Gasteiger partial charge is 0.241 e. The molecule has 0 spiro atoms. The Morgan fingerprint density at radius 2 is 1.94 bits per heavy atom. The number of imide groups is 1. The Bertz CT molecular complexity index is 999. The van der Waals surface area contributed by atoms with E-state index in [1.165, 1.54) is 4.90 Å². The molecule has 0 bridgehead atoms. The lowest BCUT2D eigenvalue weighted by Crippen LogP contribution is -2.45. The van der Waals surface area contributed by atoms with Crippen LogP contribution in [0.4, 0.5) is 0 Å². The van der Waals surface area contributed by atoms with Gasteiger partial charge in [0.2, 0.25) is 17.7 Å². The molecule has 4 rings (SSSR count). The zero-order valence-electron chi connectivity index (χ0n) is 18.9. The van der Waals surface area contributed by atoms with E-state index in [0.717, 1.165) is 30.6 Å². The SMILES string of the molecule is COc1ccccc1[C@@]1(CC(=O)N(C)[C@@H](C)c2cccs2)CC(=O)N(C2CCCC2)C1=O. The van der Waals surface area contributed by atoms with Crippen LogP contribution in [-0.2, 0) is 19.8 Å². The number of para-hydroxylation sites is 1. The maximum atomic E-state index is 13.9. The Morgan fingerprint density at radius 3 is 2.59 bits per heavy atom. The molecule has 3 amide bonds. The van der Waals surface area contributed by atoms with Gasteiger partial charge < -0.3 is 9.64 Å². The molecule has 1 aliphatic heterocycles. The highest BCUT2D eigenvalue weighted by Crippen LogP contribution is 2.46. The number of nitrogens with zero attached hydrogens (tertiary/aromatic N) is 2. The summed E-state index contributed by atoms with van der Waals surface area (Å²) in [5.41, 5.74) is -0.626. The molecule has 2 heterocycles. The molecule has 1 aromatic carbocycles. The van der Waals surface area contributed by atoms with Gasteiger partial charge in [-0.25, -0.2) is 0 Å². The summed E-state index contributed by atoms with van der Waals surface area (Å²) < 4.78 is 5.57. The van der Waals surface area contributed by atoms with Crippen molar-refractivity contribution in [2.45, 2.75) is 62.9 Å². The lowest BCUT2D eigenvalue weighted by molar-refractivity contribution is -0.145. The number of ether oxygens (including phenoxy) is 1. The number of likely N-dealkylation sites (tertiary alicyclic amines) is 1. The van der Waals surface area contributed by atoms with Crippen LogP contribution >= 0.6 is 11.3 Å². The first kappa shape index (κ1) is 22.5. The van der Waals surface area contributed by atoms with Crippen LogP contribution < -0.4 is 4.74 Å². The van der Waals surface area contributed by atoms with Gasteiger partial charge in [0.15, 0.2) is 0 Å². The molecule has 0 radical (unpaired) electrons. The van der Waals surface area contributed by atoms with Crippen LogP contribution in [0.1, 0.15) is 61.9 Å². The van der Waals surface area contributed by atoms with Gasteiger partial charge >= 0.3 is 0 Å². The predicted molar refractivity (Wildman–Crippen MR) is 124 cm³/mol. The third-order valence-electron chi connectivity index (χ3n) is 7.04. The van der Waals surface area contributed by atoms with Crippen LogP contribution in [0, 0.1) is 0 Å². The van der Waals surface area contributed by atoms with Gasteiger partial charge in [-0.15, -0.1) is 11.3 Å². The quantitative estimate of drug-likeness (QED) is 0.585. The lowest BCUT2D eigenvalue weighted by Gasteiger charge is -2.33. The molecule has 7 heteroatoms. The van der Waals surface area contributed by atoms with Crippen LogP contribution in [0.15, 0.2) is 41.8 Å². The zero-order valence-corrected chi connectivity index (χ0v) is 19.7. The molecule has 2 aliphatic rings. The highest BCUT2D eigenvalue weighted by Gasteiger charge is 2.57. The molecule has 1 saturated carbocycles. The number of amides is 3. The van der Waals surface area contributed by atoms with Gasteiger partial charge in [-0.3, -0.25) is 19.3 Å².